The molecule has 0 unspecified atom stereocenters. The van der Waals surface area contributed by atoms with E-state index in [4.69, 9.17) is 4.18 Å². The first-order valence-corrected chi connectivity index (χ1v) is 7.93. The first-order chi connectivity index (χ1) is 8.87. The second kappa shape index (κ2) is 5.30. The van der Waals surface area contributed by atoms with Gasteiger partial charge in [0.2, 0.25) is 5.91 Å². The van der Waals surface area contributed by atoms with Gasteiger partial charge in [-0.05, 0) is 30.0 Å². The van der Waals surface area contributed by atoms with Crippen molar-refractivity contribution in [2.45, 2.75) is 19.8 Å². The lowest BCUT2D eigenvalue weighted by Crippen LogP contribution is -2.25. The summed E-state index contributed by atoms with van der Waals surface area (Å²) in [5, 5.41) is 0. The largest absolute Gasteiger partial charge is 0.312 e. The highest BCUT2D eigenvalue weighted by atomic mass is 32.2. The molecule has 0 N–H and O–H groups in total. The second-order valence-corrected chi connectivity index (χ2v) is 6.30. The molecule has 0 bridgehead atoms. The number of carbonyl (C=O) groups is 1. The van der Waals surface area contributed by atoms with Crippen LogP contribution in [0.4, 0.5) is 5.69 Å². The Hall–Kier alpha value is -1.40. The second-order valence-electron chi connectivity index (χ2n) is 4.66. The van der Waals surface area contributed by atoms with E-state index in [1.54, 1.807) is 11.8 Å². The summed E-state index contributed by atoms with van der Waals surface area (Å²) in [4.78, 5) is 13.2. The fraction of sp³-hybridized carbons (Fsp3) is 0.462. The van der Waals surface area contributed by atoms with Crippen molar-refractivity contribution in [1.29, 1.82) is 0 Å². The minimum atomic E-state index is -3.38. The van der Waals surface area contributed by atoms with Crippen LogP contribution in [0, 0.1) is 0 Å². The van der Waals surface area contributed by atoms with Crippen molar-refractivity contribution in [3.05, 3.63) is 29.3 Å². The number of benzene rings is 1. The van der Waals surface area contributed by atoms with Gasteiger partial charge in [0, 0.05) is 19.2 Å². The Morgan fingerprint density at radius 3 is 2.79 bits per heavy atom. The van der Waals surface area contributed by atoms with Gasteiger partial charge < -0.3 is 4.90 Å². The van der Waals surface area contributed by atoms with E-state index in [1.165, 1.54) is 0 Å². The molecule has 0 aliphatic carbocycles. The fourth-order valence-electron chi connectivity index (χ4n) is 2.25. The molecule has 2 rings (SSSR count). The normalized spacial score (nSPS) is 14.5. The van der Waals surface area contributed by atoms with Crippen molar-refractivity contribution in [2.24, 2.45) is 0 Å². The minimum absolute atomic E-state index is 0.0481. The molecular weight excluding hydrogens is 266 g/mol. The third-order valence-electron chi connectivity index (χ3n) is 3.11. The van der Waals surface area contributed by atoms with Crippen LogP contribution >= 0.6 is 0 Å². The van der Waals surface area contributed by atoms with Crippen LogP contribution in [0.3, 0.4) is 0 Å². The molecule has 104 valence electrons. The van der Waals surface area contributed by atoms with Gasteiger partial charge in [-0.2, -0.15) is 8.42 Å². The number of hydrogen-bond donors (Lipinski definition) is 0. The smallest absolute Gasteiger partial charge is 0.264 e. The van der Waals surface area contributed by atoms with E-state index in [1.807, 2.05) is 18.2 Å². The number of fused-ring (bicyclic) bond motifs is 1. The molecule has 1 aliphatic heterocycles. The molecule has 0 atom stereocenters. The van der Waals surface area contributed by atoms with Crippen LogP contribution in [0.25, 0.3) is 0 Å². The van der Waals surface area contributed by atoms with E-state index in [9.17, 15) is 13.2 Å². The Kier molecular flexibility index (Phi) is 3.91. The predicted molar refractivity (Wildman–Crippen MR) is 72.7 cm³/mol. The molecule has 6 heteroatoms. The van der Waals surface area contributed by atoms with E-state index in [0.717, 1.165) is 29.5 Å². The van der Waals surface area contributed by atoms with Gasteiger partial charge >= 0.3 is 0 Å². The van der Waals surface area contributed by atoms with Gasteiger partial charge in [-0.3, -0.25) is 8.98 Å². The van der Waals surface area contributed by atoms with Crippen LogP contribution in [0.15, 0.2) is 18.2 Å². The van der Waals surface area contributed by atoms with E-state index in [-0.39, 0.29) is 12.5 Å². The van der Waals surface area contributed by atoms with Gasteiger partial charge in [0.15, 0.2) is 0 Å². The van der Waals surface area contributed by atoms with Crippen molar-refractivity contribution in [1.82, 2.24) is 0 Å². The molecule has 0 radical (unpaired) electrons. The third-order valence-corrected chi connectivity index (χ3v) is 3.70. The van der Waals surface area contributed by atoms with Gasteiger partial charge in [-0.25, -0.2) is 0 Å². The van der Waals surface area contributed by atoms with Crippen molar-refractivity contribution in [3.63, 3.8) is 0 Å². The van der Waals surface area contributed by atoms with Crippen LogP contribution in [0.1, 0.15) is 18.1 Å². The molecule has 0 saturated heterocycles. The van der Waals surface area contributed by atoms with Crippen LogP contribution < -0.4 is 4.90 Å². The Morgan fingerprint density at radius 2 is 2.16 bits per heavy atom. The summed E-state index contributed by atoms with van der Waals surface area (Å²) in [5.74, 6) is 0.0481. The fourth-order valence-corrected chi connectivity index (χ4v) is 2.63. The molecule has 0 spiro atoms. The first kappa shape index (κ1) is 14.0. The predicted octanol–water partition coefficient (Wildman–Crippen LogP) is 1.11. The summed E-state index contributed by atoms with van der Waals surface area (Å²) in [5.41, 5.74) is 3.11. The molecule has 0 saturated carbocycles. The summed E-state index contributed by atoms with van der Waals surface area (Å²) in [7, 11) is -3.38. The van der Waals surface area contributed by atoms with Crippen molar-refractivity contribution < 1.29 is 17.4 Å². The number of rotatable bonds is 4. The highest BCUT2D eigenvalue weighted by Crippen LogP contribution is 2.28. The number of nitrogens with zero attached hydrogens (tertiary/aromatic N) is 1. The molecule has 5 nitrogen and oxygen atoms in total. The standard InChI is InChI=1S/C13H17NO4S/c1-10(15)14-7-5-12-9-11(3-4-13(12)14)6-8-18-19(2,16)17/h3-4,9H,5-8H2,1-2H3. The van der Waals surface area contributed by atoms with E-state index >= 15 is 0 Å². The average Bonchev–Trinajstić information content (AvgIpc) is 2.70. The summed E-state index contributed by atoms with van der Waals surface area (Å²) >= 11 is 0. The molecular formula is C13H17NO4S. The maximum atomic E-state index is 11.4. The zero-order valence-electron chi connectivity index (χ0n) is 11.0. The lowest BCUT2D eigenvalue weighted by Gasteiger charge is -2.14. The molecule has 0 aromatic heterocycles. The van der Waals surface area contributed by atoms with Crippen molar-refractivity contribution in [3.8, 4) is 0 Å². The average molecular weight is 283 g/mol. The molecule has 1 amide bonds. The van der Waals surface area contributed by atoms with Gasteiger partial charge in [0.05, 0.1) is 12.9 Å². The summed E-state index contributed by atoms with van der Waals surface area (Å²) < 4.78 is 26.4. The molecule has 1 aromatic rings. The van der Waals surface area contributed by atoms with E-state index < -0.39 is 10.1 Å². The molecule has 1 aliphatic rings. The molecule has 1 heterocycles. The van der Waals surface area contributed by atoms with E-state index in [2.05, 4.69) is 0 Å². The Bertz CT molecular complexity index is 595. The maximum absolute atomic E-state index is 11.4. The number of carbonyl (C=O) groups excluding carboxylic acids is 1. The summed E-state index contributed by atoms with van der Waals surface area (Å²) in [6.07, 6.45) is 2.43. The molecule has 19 heavy (non-hydrogen) atoms. The van der Waals surface area contributed by atoms with E-state index in [0.29, 0.717) is 13.0 Å². The first-order valence-electron chi connectivity index (χ1n) is 6.11. The van der Waals surface area contributed by atoms with Gasteiger partial charge in [-0.15, -0.1) is 0 Å². The van der Waals surface area contributed by atoms with Crippen LogP contribution in [0.2, 0.25) is 0 Å². The van der Waals surface area contributed by atoms with Gasteiger partial charge in [0.1, 0.15) is 0 Å². The van der Waals surface area contributed by atoms with Gasteiger partial charge in [-0.1, -0.05) is 12.1 Å². The lowest BCUT2D eigenvalue weighted by molar-refractivity contribution is -0.116. The molecule has 0 fully saturated rings. The number of amides is 1. The monoisotopic (exact) mass is 283 g/mol. The van der Waals surface area contributed by atoms with Crippen LogP contribution in [-0.4, -0.2) is 33.7 Å². The Labute approximate surface area is 113 Å². The highest BCUT2D eigenvalue weighted by molar-refractivity contribution is 7.85. The van der Waals surface area contributed by atoms with Crippen LogP contribution in [-0.2, 0) is 31.9 Å². The molecule has 1 aromatic carbocycles. The SMILES string of the molecule is CC(=O)N1CCc2cc(CCOS(C)(=O)=O)ccc21. The van der Waals surface area contributed by atoms with Crippen molar-refractivity contribution >= 4 is 21.7 Å². The lowest BCUT2D eigenvalue weighted by atomic mass is 10.1. The maximum Gasteiger partial charge on any atom is 0.264 e. The summed E-state index contributed by atoms with van der Waals surface area (Å²) in [6.45, 7) is 2.42. The Balaban J connectivity index is 2.05. The van der Waals surface area contributed by atoms with Crippen molar-refractivity contribution in [2.75, 3.05) is 24.3 Å². The van der Waals surface area contributed by atoms with Crippen LogP contribution in [0.5, 0.6) is 0 Å². The zero-order valence-corrected chi connectivity index (χ0v) is 11.9. The summed E-state index contributed by atoms with van der Waals surface area (Å²) in [6, 6.07) is 5.84. The minimum Gasteiger partial charge on any atom is -0.312 e. The number of hydrogen-bond acceptors (Lipinski definition) is 4. The topological polar surface area (TPSA) is 63.7 Å². The van der Waals surface area contributed by atoms with Gasteiger partial charge in [0.25, 0.3) is 10.1 Å². The Morgan fingerprint density at radius 1 is 1.42 bits per heavy atom. The quantitative estimate of drug-likeness (QED) is 0.777. The third kappa shape index (κ3) is 3.54. The number of anilines is 1. The zero-order chi connectivity index (χ0) is 14.0. The highest BCUT2D eigenvalue weighted by Gasteiger charge is 2.21.